The third-order valence-corrected chi connectivity index (χ3v) is 3.35. The van der Waals surface area contributed by atoms with Crippen LogP contribution in [-0.2, 0) is 7.05 Å². The van der Waals surface area contributed by atoms with E-state index in [0.29, 0.717) is 10.1 Å². The highest BCUT2D eigenvalue weighted by Gasteiger charge is 2.14. The second-order valence-corrected chi connectivity index (χ2v) is 4.38. The molecule has 0 unspecified atom stereocenters. The third kappa shape index (κ3) is 2.28. The molecule has 0 radical (unpaired) electrons. The van der Waals surface area contributed by atoms with Crippen LogP contribution in [0.25, 0.3) is 0 Å². The number of hydrogen-bond donors (Lipinski definition) is 1. The summed E-state index contributed by atoms with van der Waals surface area (Å²) >= 11 is 1.24. The van der Waals surface area contributed by atoms with Gasteiger partial charge in [0, 0.05) is 24.3 Å². The summed E-state index contributed by atoms with van der Waals surface area (Å²) in [5, 5.41) is 17.5. The maximum atomic E-state index is 11.0. The topological polar surface area (TPSA) is 80.9 Å². The normalized spacial score (nSPS) is 10.5. The Kier molecular flexibility index (Phi) is 3.10. The lowest BCUT2D eigenvalue weighted by molar-refractivity contribution is 0.0693. The zero-order chi connectivity index (χ0) is 12.4. The monoisotopic (exact) mass is 250 g/mol. The number of carbonyl (C=O) groups is 1. The van der Waals surface area contributed by atoms with E-state index in [1.165, 1.54) is 30.2 Å². The molecule has 0 atom stereocenters. The molecule has 7 heteroatoms. The minimum absolute atomic E-state index is 0.214. The van der Waals surface area contributed by atoms with E-state index in [-0.39, 0.29) is 5.56 Å². The van der Waals surface area contributed by atoms with Crippen molar-refractivity contribution in [2.24, 2.45) is 7.05 Å². The summed E-state index contributed by atoms with van der Waals surface area (Å²) in [6.45, 7) is 1.83. The molecule has 0 spiro atoms. The Morgan fingerprint density at radius 1 is 1.47 bits per heavy atom. The van der Waals surface area contributed by atoms with Crippen LogP contribution in [0.5, 0.6) is 0 Å². The van der Waals surface area contributed by atoms with Crippen LogP contribution in [0, 0.1) is 6.92 Å². The lowest BCUT2D eigenvalue weighted by Gasteiger charge is -2.04. The van der Waals surface area contributed by atoms with Gasteiger partial charge in [-0.05, 0) is 24.8 Å². The van der Waals surface area contributed by atoms with E-state index >= 15 is 0 Å². The highest BCUT2D eigenvalue weighted by Crippen LogP contribution is 2.28. The van der Waals surface area contributed by atoms with Crippen molar-refractivity contribution in [3.8, 4) is 0 Å². The molecule has 0 aliphatic carbocycles. The average Bonchev–Trinajstić information content (AvgIpc) is 2.61. The zero-order valence-electron chi connectivity index (χ0n) is 9.28. The second kappa shape index (κ2) is 4.54. The van der Waals surface area contributed by atoms with E-state index in [0.717, 1.165) is 5.82 Å². The lowest BCUT2D eigenvalue weighted by atomic mass is 10.3. The number of carboxylic acids is 1. The second-order valence-electron chi connectivity index (χ2n) is 3.37. The fraction of sp³-hybridized carbons (Fsp3) is 0.200. The Labute approximate surface area is 102 Å². The molecule has 0 fully saturated rings. The van der Waals surface area contributed by atoms with Crippen molar-refractivity contribution in [1.82, 2.24) is 19.7 Å². The first kappa shape index (κ1) is 11.6. The maximum absolute atomic E-state index is 11.0. The molecule has 0 amide bonds. The van der Waals surface area contributed by atoms with Gasteiger partial charge < -0.3 is 9.67 Å². The first-order valence-corrected chi connectivity index (χ1v) is 5.62. The van der Waals surface area contributed by atoms with E-state index in [2.05, 4.69) is 15.2 Å². The van der Waals surface area contributed by atoms with Crippen LogP contribution in [-0.4, -0.2) is 30.8 Å². The molecule has 0 aromatic carbocycles. The number of hydrogen-bond acceptors (Lipinski definition) is 5. The van der Waals surface area contributed by atoms with Crippen LogP contribution < -0.4 is 0 Å². The summed E-state index contributed by atoms with van der Waals surface area (Å²) < 4.78 is 1.79. The standard InChI is InChI=1S/C10H10N4O2S/c1-6-12-13-10(14(6)2)17-8-5-11-4-3-7(8)9(15)16/h3-5H,1-2H3,(H,15,16). The summed E-state index contributed by atoms with van der Waals surface area (Å²) in [5.41, 5.74) is 0.214. The van der Waals surface area contributed by atoms with Gasteiger partial charge in [-0.3, -0.25) is 4.98 Å². The Morgan fingerprint density at radius 2 is 2.24 bits per heavy atom. The van der Waals surface area contributed by atoms with Crippen molar-refractivity contribution in [2.75, 3.05) is 0 Å². The Hall–Kier alpha value is -1.89. The van der Waals surface area contributed by atoms with E-state index in [4.69, 9.17) is 5.11 Å². The molecular weight excluding hydrogens is 240 g/mol. The third-order valence-electron chi connectivity index (χ3n) is 2.27. The van der Waals surface area contributed by atoms with E-state index in [9.17, 15) is 4.79 Å². The molecule has 17 heavy (non-hydrogen) atoms. The molecule has 2 rings (SSSR count). The van der Waals surface area contributed by atoms with Crippen LogP contribution >= 0.6 is 11.8 Å². The van der Waals surface area contributed by atoms with Crippen LogP contribution in [0.2, 0.25) is 0 Å². The van der Waals surface area contributed by atoms with E-state index in [1.54, 1.807) is 4.57 Å². The summed E-state index contributed by atoms with van der Waals surface area (Å²) in [4.78, 5) is 15.5. The largest absolute Gasteiger partial charge is 0.478 e. The highest BCUT2D eigenvalue weighted by molar-refractivity contribution is 7.99. The first-order valence-electron chi connectivity index (χ1n) is 4.80. The SMILES string of the molecule is Cc1nnc(Sc2cnccc2C(=O)O)n1C. The summed E-state index contributed by atoms with van der Waals surface area (Å²) in [5.74, 6) is -0.206. The molecule has 88 valence electrons. The van der Waals surface area contributed by atoms with Gasteiger partial charge in [-0.2, -0.15) is 0 Å². The molecule has 2 aromatic rings. The number of rotatable bonds is 3. The maximum Gasteiger partial charge on any atom is 0.336 e. The Bertz CT molecular complexity index is 567. The zero-order valence-corrected chi connectivity index (χ0v) is 10.1. The molecule has 0 saturated heterocycles. The molecule has 2 aromatic heterocycles. The smallest absolute Gasteiger partial charge is 0.336 e. The summed E-state index contributed by atoms with van der Waals surface area (Å²) in [6, 6.07) is 1.47. The number of aromatic nitrogens is 4. The minimum atomic E-state index is -0.978. The number of pyridine rings is 1. The van der Waals surface area contributed by atoms with Gasteiger partial charge in [-0.25, -0.2) is 4.79 Å². The molecule has 0 saturated carbocycles. The molecule has 0 aliphatic rings. The van der Waals surface area contributed by atoms with Gasteiger partial charge in [0.15, 0.2) is 5.16 Å². The fourth-order valence-corrected chi connectivity index (χ4v) is 2.14. The van der Waals surface area contributed by atoms with Gasteiger partial charge in [0.05, 0.1) is 5.56 Å². The van der Waals surface area contributed by atoms with Crippen LogP contribution in [0.15, 0.2) is 28.5 Å². The van der Waals surface area contributed by atoms with Crippen LogP contribution in [0.1, 0.15) is 16.2 Å². The lowest BCUT2D eigenvalue weighted by Crippen LogP contribution is -2.00. The molecular formula is C10H10N4O2S. The van der Waals surface area contributed by atoms with E-state index < -0.39 is 5.97 Å². The van der Waals surface area contributed by atoms with Gasteiger partial charge >= 0.3 is 5.97 Å². The molecule has 0 bridgehead atoms. The van der Waals surface area contributed by atoms with Gasteiger partial charge in [-0.15, -0.1) is 10.2 Å². The summed E-state index contributed by atoms with van der Waals surface area (Å²) in [7, 11) is 1.83. The average molecular weight is 250 g/mol. The van der Waals surface area contributed by atoms with Crippen molar-refractivity contribution < 1.29 is 9.90 Å². The van der Waals surface area contributed by atoms with E-state index in [1.807, 2.05) is 14.0 Å². The molecule has 1 N–H and O–H groups in total. The number of aryl methyl sites for hydroxylation is 1. The number of aromatic carboxylic acids is 1. The van der Waals surface area contributed by atoms with Gasteiger partial charge in [0.25, 0.3) is 0 Å². The highest BCUT2D eigenvalue weighted by atomic mass is 32.2. The van der Waals surface area contributed by atoms with Gasteiger partial charge in [0.1, 0.15) is 5.82 Å². The quantitative estimate of drug-likeness (QED) is 0.886. The molecule has 0 aliphatic heterocycles. The number of nitrogens with zero attached hydrogens (tertiary/aromatic N) is 4. The predicted octanol–water partition coefficient (Wildman–Crippen LogP) is 1.37. The van der Waals surface area contributed by atoms with Crippen molar-refractivity contribution in [3.63, 3.8) is 0 Å². The minimum Gasteiger partial charge on any atom is -0.478 e. The van der Waals surface area contributed by atoms with Gasteiger partial charge in [-0.1, -0.05) is 0 Å². The van der Waals surface area contributed by atoms with Crippen molar-refractivity contribution >= 4 is 17.7 Å². The van der Waals surface area contributed by atoms with Crippen molar-refractivity contribution in [2.45, 2.75) is 17.0 Å². The van der Waals surface area contributed by atoms with Crippen molar-refractivity contribution in [3.05, 3.63) is 29.8 Å². The molecule has 2 heterocycles. The molecule has 6 nitrogen and oxygen atoms in total. The Balaban J connectivity index is 2.36. The number of carboxylic acid groups (broad SMARTS) is 1. The van der Waals surface area contributed by atoms with Crippen molar-refractivity contribution in [1.29, 1.82) is 0 Å². The first-order chi connectivity index (χ1) is 8.09. The van der Waals surface area contributed by atoms with Gasteiger partial charge in [0.2, 0.25) is 0 Å². The van der Waals surface area contributed by atoms with Crippen LogP contribution in [0.3, 0.4) is 0 Å². The predicted molar refractivity (Wildman–Crippen MR) is 61.1 cm³/mol. The van der Waals surface area contributed by atoms with Crippen LogP contribution in [0.4, 0.5) is 0 Å². The summed E-state index contributed by atoms with van der Waals surface area (Å²) in [6.07, 6.45) is 2.97. The fourth-order valence-electron chi connectivity index (χ4n) is 1.21. The Morgan fingerprint density at radius 3 is 2.82 bits per heavy atom.